The van der Waals surface area contributed by atoms with Crippen LogP contribution in [0.3, 0.4) is 0 Å². The molecule has 214 valence electrons. The number of thiazole rings is 1. The molecule has 1 aliphatic rings. The maximum Gasteiger partial charge on any atom is 0.124 e. The second-order valence-electron chi connectivity index (χ2n) is 12.0. The molecule has 10 rings (SSSR count). The van der Waals surface area contributed by atoms with Gasteiger partial charge < -0.3 is 4.57 Å². The molecule has 7 aromatic carbocycles. The zero-order chi connectivity index (χ0) is 30.2. The summed E-state index contributed by atoms with van der Waals surface area (Å²) in [6.45, 7) is 0. The van der Waals surface area contributed by atoms with Crippen LogP contribution in [0, 0.1) is 0 Å². The molecule has 2 nitrogen and oxygen atoms in total. The zero-order valence-electron chi connectivity index (χ0n) is 24.8. The van der Waals surface area contributed by atoms with Gasteiger partial charge in [-0.3, -0.25) is 0 Å². The standard InChI is InChI=1S/C43H26N2S/c1-4-11-27(12-5-1)30-19-21-38-35(24-30)36-25-31(28-13-6-2-7-14-28)20-22-39(36)45(38)33-23-32-17-10-18-34-40(32)37(26-33)41-42(34)46-43(44-41)29-15-8-3-9-16-29/h1-26H. The van der Waals surface area contributed by atoms with E-state index in [1.54, 1.807) is 11.3 Å². The molecule has 2 aromatic heterocycles. The third-order valence-electron chi connectivity index (χ3n) is 9.35. The van der Waals surface area contributed by atoms with Crippen LogP contribution in [0.15, 0.2) is 158 Å². The van der Waals surface area contributed by atoms with Crippen molar-refractivity contribution in [3.05, 3.63) is 158 Å². The predicted molar refractivity (Wildman–Crippen MR) is 195 cm³/mol. The largest absolute Gasteiger partial charge is 0.309 e. The van der Waals surface area contributed by atoms with E-state index in [0.29, 0.717) is 0 Å². The first-order valence-corrected chi connectivity index (χ1v) is 16.4. The third-order valence-corrected chi connectivity index (χ3v) is 10.5. The number of rotatable bonds is 4. The first-order chi connectivity index (χ1) is 22.8. The van der Waals surface area contributed by atoms with Crippen LogP contribution in [0.25, 0.3) is 92.8 Å². The van der Waals surface area contributed by atoms with E-state index in [0.717, 1.165) is 22.0 Å². The lowest BCUT2D eigenvalue weighted by atomic mass is 10.0. The van der Waals surface area contributed by atoms with Crippen molar-refractivity contribution in [2.45, 2.75) is 0 Å². The van der Waals surface area contributed by atoms with Gasteiger partial charge in [0.2, 0.25) is 0 Å². The molecule has 3 heteroatoms. The van der Waals surface area contributed by atoms with Gasteiger partial charge in [0.1, 0.15) is 5.01 Å². The van der Waals surface area contributed by atoms with Crippen LogP contribution in [0.5, 0.6) is 0 Å². The minimum absolute atomic E-state index is 1.07. The van der Waals surface area contributed by atoms with Gasteiger partial charge in [0.15, 0.2) is 0 Å². The van der Waals surface area contributed by atoms with Crippen molar-refractivity contribution in [1.29, 1.82) is 0 Å². The average molecular weight is 603 g/mol. The highest BCUT2D eigenvalue weighted by Crippen LogP contribution is 2.52. The van der Waals surface area contributed by atoms with Crippen molar-refractivity contribution in [2.24, 2.45) is 0 Å². The van der Waals surface area contributed by atoms with Crippen LogP contribution in [-0.2, 0) is 0 Å². The number of nitrogens with zero attached hydrogens (tertiary/aromatic N) is 2. The second-order valence-corrected chi connectivity index (χ2v) is 13.0. The molecule has 0 saturated carbocycles. The van der Waals surface area contributed by atoms with Crippen molar-refractivity contribution in [3.63, 3.8) is 0 Å². The summed E-state index contributed by atoms with van der Waals surface area (Å²) >= 11 is 1.79. The molecular formula is C43H26N2S. The molecule has 0 unspecified atom stereocenters. The Hall–Kier alpha value is -5.77. The third kappa shape index (κ3) is 3.79. The first kappa shape index (κ1) is 25.5. The van der Waals surface area contributed by atoms with Crippen LogP contribution < -0.4 is 0 Å². The Bertz CT molecular complexity index is 2520. The summed E-state index contributed by atoms with van der Waals surface area (Å²) in [5, 5.41) is 6.11. The molecule has 0 aliphatic heterocycles. The topological polar surface area (TPSA) is 17.8 Å². The zero-order valence-corrected chi connectivity index (χ0v) is 25.6. The minimum atomic E-state index is 1.07. The molecule has 9 aromatic rings. The van der Waals surface area contributed by atoms with Gasteiger partial charge in [-0.1, -0.05) is 121 Å². The summed E-state index contributed by atoms with van der Waals surface area (Å²) in [5.74, 6) is 0. The lowest BCUT2D eigenvalue weighted by Crippen LogP contribution is -1.95. The quantitative estimate of drug-likeness (QED) is 0.196. The molecule has 46 heavy (non-hydrogen) atoms. The van der Waals surface area contributed by atoms with E-state index < -0.39 is 0 Å². The van der Waals surface area contributed by atoms with E-state index in [2.05, 4.69) is 162 Å². The van der Waals surface area contributed by atoms with Crippen LogP contribution in [0.1, 0.15) is 0 Å². The van der Waals surface area contributed by atoms with E-state index in [-0.39, 0.29) is 0 Å². The van der Waals surface area contributed by atoms with E-state index in [1.807, 2.05) is 0 Å². The molecule has 0 bridgehead atoms. The summed E-state index contributed by atoms with van der Waals surface area (Å²) in [4.78, 5) is 6.51. The maximum absolute atomic E-state index is 5.25. The van der Waals surface area contributed by atoms with Gasteiger partial charge in [-0.2, -0.15) is 0 Å². The number of aromatic nitrogens is 2. The number of benzene rings is 7. The second kappa shape index (κ2) is 9.87. The highest BCUT2D eigenvalue weighted by molar-refractivity contribution is 7.19. The van der Waals surface area contributed by atoms with Gasteiger partial charge in [0, 0.05) is 33.2 Å². The SMILES string of the molecule is c1ccc(-c2ccc3c(c2)c2cc(-c4ccccc4)ccc2n3-c2cc3c4c(cccc4c2)-c2sc(-c4ccccc4)nc2-3)cc1. The fraction of sp³-hybridized carbons (Fsp3) is 0. The number of fused-ring (bicyclic) bond motifs is 6. The highest BCUT2D eigenvalue weighted by Gasteiger charge is 2.27. The fourth-order valence-electron chi connectivity index (χ4n) is 7.23. The van der Waals surface area contributed by atoms with E-state index in [1.165, 1.54) is 70.8 Å². The van der Waals surface area contributed by atoms with Crippen molar-refractivity contribution >= 4 is 43.9 Å². The molecule has 0 atom stereocenters. The summed E-state index contributed by atoms with van der Waals surface area (Å²) in [5.41, 5.74) is 13.2. The van der Waals surface area contributed by atoms with E-state index >= 15 is 0 Å². The smallest absolute Gasteiger partial charge is 0.124 e. The Kier molecular flexibility index (Phi) is 5.48. The Morgan fingerprint density at radius 3 is 1.65 bits per heavy atom. The molecule has 1 aliphatic carbocycles. The first-order valence-electron chi connectivity index (χ1n) is 15.6. The molecule has 0 amide bonds. The van der Waals surface area contributed by atoms with Crippen LogP contribution in [-0.4, -0.2) is 9.55 Å². The van der Waals surface area contributed by atoms with Gasteiger partial charge >= 0.3 is 0 Å². The maximum atomic E-state index is 5.25. The molecule has 0 radical (unpaired) electrons. The van der Waals surface area contributed by atoms with Crippen LogP contribution in [0.2, 0.25) is 0 Å². The van der Waals surface area contributed by atoms with Gasteiger partial charge in [-0.05, 0) is 69.4 Å². The van der Waals surface area contributed by atoms with Crippen LogP contribution in [0.4, 0.5) is 0 Å². The molecule has 0 fully saturated rings. The Morgan fingerprint density at radius 1 is 0.457 bits per heavy atom. The van der Waals surface area contributed by atoms with Gasteiger partial charge in [0.25, 0.3) is 0 Å². The molecule has 0 saturated heterocycles. The van der Waals surface area contributed by atoms with E-state index in [4.69, 9.17) is 4.98 Å². The van der Waals surface area contributed by atoms with Crippen molar-refractivity contribution in [3.8, 4) is 60.2 Å². The summed E-state index contributed by atoms with van der Waals surface area (Å²) in [6.07, 6.45) is 0. The fourth-order valence-corrected chi connectivity index (χ4v) is 8.34. The normalized spacial score (nSPS) is 11.9. The minimum Gasteiger partial charge on any atom is -0.309 e. The predicted octanol–water partition coefficient (Wildman–Crippen LogP) is 12.0. The van der Waals surface area contributed by atoms with E-state index in [9.17, 15) is 0 Å². The van der Waals surface area contributed by atoms with Gasteiger partial charge in [-0.15, -0.1) is 11.3 Å². The van der Waals surface area contributed by atoms with Gasteiger partial charge in [0.05, 0.1) is 21.6 Å². The molecule has 2 heterocycles. The van der Waals surface area contributed by atoms with Crippen molar-refractivity contribution in [2.75, 3.05) is 0 Å². The molecular weight excluding hydrogens is 577 g/mol. The molecule has 0 spiro atoms. The average Bonchev–Trinajstić information content (AvgIpc) is 3.80. The Balaban J connectivity index is 1.23. The van der Waals surface area contributed by atoms with Crippen LogP contribution >= 0.6 is 11.3 Å². The molecule has 0 N–H and O–H groups in total. The Labute approximate surface area is 270 Å². The monoisotopic (exact) mass is 602 g/mol. The van der Waals surface area contributed by atoms with Crippen molar-refractivity contribution in [1.82, 2.24) is 9.55 Å². The summed E-state index contributed by atoms with van der Waals surface area (Å²) in [7, 11) is 0. The lowest BCUT2D eigenvalue weighted by Gasteiger charge is -2.12. The summed E-state index contributed by atoms with van der Waals surface area (Å²) < 4.78 is 2.44. The number of hydrogen-bond donors (Lipinski definition) is 0. The summed E-state index contributed by atoms with van der Waals surface area (Å²) in [6, 6.07) is 57.1. The van der Waals surface area contributed by atoms with Gasteiger partial charge in [-0.25, -0.2) is 4.98 Å². The lowest BCUT2D eigenvalue weighted by molar-refractivity contribution is 1.19. The highest BCUT2D eigenvalue weighted by atomic mass is 32.1. The Morgan fingerprint density at radius 2 is 1.04 bits per heavy atom. The number of hydrogen-bond acceptors (Lipinski definition) is 2. The van der Waals surface area contributed by atoms with Crippen molar-refractivity contribution < 1.29 is 0 Å².